The average Bonchev–Trinajstić information content (AvgIpc) is 2.30. The Morgan fingerprint density at radius 2 is 2.06 bits per heavy atom. The fourth-order valence-electron chi connectivity index (χ4n) is 1.60. The van der Waals surface area contributed by atoms with Gasteiger partial charge in [0, 0.05) is 32.8 Å². The summed E-state index contributed by atoms with van der Waals surface area (Å²) in [6.45, 7) is 10.3. The van der Waals surface area contributed by atoms with Crippen LogP contribution in [-0.2, 0) is 4.74 Å². The minimum Gasteiger partial charge on any atom is -0.390 e. The van der Waals surface area contributed by atoms with Gasteiger partial charge in [-0.25, -0.2) is 0 Å². The molecule has 2 atom stereocenters. The summed E-state index contributed by atoms with van der Waals surface area (Å²) in [5.41, 5.74) is 0. The molecule has 0 aliphatic rings. The summed E-state index contributed by atoms with van der Waals surface area (Å²) < 4.78 is 5.09. The van der Waals surface area contributed by atoms with Gasteiger partial charge in [-0.05, 0) is 19.9 Å². The molecule has 0 aliphatic heterocycles. The van der Waals surface area contributed by atoms with Gasteiger partial charge in [0.1, 0.15) is 0 Å². The zero-order valence-electron chi connectivity index (χ0n) is 11.2. The Labute approximate surface area is 100.0 Å². The maximum absolute atomic E-state index is 9.85. The van der Waals surface area contributed by atoms with E-state index in [9.17, 15) is 5.11 Å². The van der Waals surface area contributed by atoms with Crippen molar-refractivity contribution in [3.63, 3.8) is 0 Å². The van der Waals surface area contributed by atoms with Crippen LogP contribution in [0.3, 0.4) is 0 Å². The lowest BCUT2D eigenvalue weighted by Crippen LogP contribution is -2.43. The molecule has 0 spiro atoms. The van der Waals surface area contributed by atoms with E-state index in [-0.39, 0.29) is 6.10 Å². The van der Waals surface area contributed by atoms with Gasteiger partial charge in [-0.1, -0.05) is 13.8 Å². The third-order valence-corrected chi connectivity index (χ3v) is 2.87. The van der Waals surface area contributed by atoms with Crippen molar-refractivity contribution in [3.05, 3.63) is 0 Å². The number of aliphatic hydroxyl groups is 1. The van der Waals surface area contributed by atoms with Gasteiger partial charge in [0.2, 0.25) is 0 Å². The zero-order chi connectivity index (χ0) is 12.4. The van der Waals surface area contributed by atoms with Gasteiger partial charge in [0.15, 0.2) is 0 Å². The second kappa shape index (κ2) is 10.0. The van der Waals surface area contributed by atoms with E-state index in [1.807, 2.05) is 6.92 Å². The van der Waals surface area contributed by atoms with Crippen molar-refractivity contribution in [1.29, 1.82) is 0 Å². The summed E-state index contributed by atoms with van der Waals surface area (Å²) in [5, 5.41) is 13.0. The third-order valence-electron chi connectivity index (χ3n) is 2.87. The zero-order valence-corrected chi connectivity index (χ0v) is 11.2. The van der Waals surface area contributed by atoms with E-state index in [1.165, 1.54) is 0 Å². The molecule has 2 unspecified atom stereocenters. The van der Waals surface area contributed by atoms with E-state index in [1.54, 1.807) is 7.11 Å². The van der Waals surface area contributed by atoms with E-state index >= 15 is 0 Å². The van der Waals surface area contributed by atoms with Crippen molar-refractivity contribution in [2.45, 2.75) is 39.3 Å². The topological polar surface area (TPSA) is 44.7 Å². The van der Waals surface area contributed by atoms with Gasteiger partial charge >= 0.3 is 0 Å². The van der Waals surface area contributed by atoms with Gasteiger partial charge in [-0.2, -0.15) is 0 Å². The average molecular weight is 232 g/mol. The van der Waals surface area contributed by atoms with Gasteiger partial charge in [0.05, 0.1) is 12.7 Å². The monoisotopic (exact) mass is 232 g/mol. The van der Waals surface area contributed by atoms with Gasteiger partial charge < -0.3 is 15.2 Å². The summed E-state index contributed by atoms with van der Waals surface area (Å²) in [6.07, 6.45) is 0.795. The number of nitrogens with one attached hydrogen (secondary N) is 1. The van der Waals surface area contributed by atoms with Crippen LogP contribution < -0.4 is 5.32 Å². The minimum atomic E-state index is -0.300. The summed E-state index contributed by atoms with van der Waals surface area (Å²) in [4.78, 5) is 2.28. The van der Waals surface area contributed by atoms with Crippen LogP contribution in [0.4, 0.5) is 0 Å². The number of hydrogen-bond acceptors (Lipinski definition) is 4. The van der Waals surface area contributed by atoms with Crippen LogP contribution in [0, 0.1) is 0 Å². The highest BCUT2D eigenvalue weighted by Gasteiger charge is 2.15. The molecule has 0 amide bonds. The van der Waals surface area contributed by atoms with Crippen molar-refractivity contribution in [2.75, 3.05) is 39.9 Å². The minimum absolute atomic E-state index is 0.300. The Balaban J connectivity index is 3.97. The first-order chi connectivity index (χ1) is 7.65. The van der Waals surface area contributed by atoms with Gasteiger partial charge in [-0.15, -0.1) is 0 Å². The van der Waals surface area contributed by atoms with Crippen LogP contribution in [0.2, 0.25) is 0 Å². The lowest BCUT2D eigenvalue weighted by Gasteiger charge is -2.30. The smallest absolute Gasteiger partial charge is 0.0791 e. The molecule has 2 N–H and O–H groups in total. The molecule has 16 heavy (non-hydrogen) atoms. The largest absolute Gasteiger partial charge is 0.390 e. The standard InChI is InChI=1S/C12H28N2O2/c1-5-11(3)14(7-8-16-4)10-12(15)9-13-6-2/h11-13,15H,5-10H2,1-4H3. The highest BCUT2D eigenvalue weighted by Crippen LogP contribution is 2.04. The SMILES string of the molecule is CCNCC(O)CN(CCOC)C(C)CC. The molecule has 0 bridgehead atoms. The molecule has 0 radical (unpaired) electrons. The van der Waals surface area contributed by atoms with E-state index in [2.05, 4.69) is 24.1 Å². The maximum Gasteiger partial charge on any atom is 0.0791 e. The van der Waals surface area contributed by atoms with Crippen LogP contribution in [0.5, 0.6) is 0 Å². The molecule has 0 aromatic rings. The second-order valence-electron chi connectivity index (χ2n) is 4.21. The van der Waals surface area contributed by atoms with Crippen molar-refractivity contribution in [2.24, 2.45) is 0 Å². The van der Waals surface area contributed by atoms with Crippen molar-refractivity contribution in [3.8, 4) is 0 Å². The van der Waals surface area contributed by atoms with E-state index in [4.69, 9.17) is 4.74 Å². The molecule has 4 heteroatoms. The molecular weight excluding hydrogens is 204 g/mol. The normalized spacial score (nSPS) is 15.4. The number of aliphatic hydroxyl groups excluding tert-OH is 1. The summed E-state index contributed by atoms with van der Waals surface area (Å²) >= 11 is 0. The third kappa shape index (κ3) is 7.17. The lowest BCUT2D eigenvalue weighted by atomic mass is 10.2. The van der Waals surface area contributed by atoms with Crippen LogP contribution in [0.1, 0.15) is 27.2 Å². The fraction of sp³-hybridized carbons (Fsp3) is 1.00. The molecule has 0 aromatic heterocycles. The molecule has 0 aromatic carbocycles. The number of methoxy groups -OCH3 is 1. The highest BCUT2D eigenvalue weighted by molar-refractivity contribution is 4.71. The number of nitrogens with zero attached hydrogens (tertiary/aromatic N) is 1. The summed E-state index contributed by atoms with van der Waals surface area (Å²) in [6, 6.07) is 0.492. The molecule has 98 valence electrons. The Morgan fingerprint density at radius 1 is 1.38 bits per heavy atom. The Bertz CT molecular complexity index is 156. The van der Waals surface area contributed by atoms with Crippen LogP contribution >= 0.6 is 0 Å². The highest BCUT2D eigenvalue weighted by atomic mass is 16.5. The molecule has 0 fully saturated rings. The molecule has 4 nitrogen and oxygen atoms in total. The number of ether oxygens (including phenoxy) is 1. The first-order valence-corrected chi connectivity index (χ1v) is 6.27. The Morgan fingerprint density at radius 3 is 2.56 bits per heavy atom. The van der Waals surface area contributed by atoms with E-state index < -0.39 is 0 Å². The molecule has 0 aliphatic carbocycles. The molecule has 0 saturated heterocycles. The number of rotatable bonds is 10. The molecule has 0 rings (SSSR count). The summed E-state index contributed by atoms with van der Waals surface area (Å²) in [5.74, 6) is 0. The maximum atomic E-state index is 9.85. The first kappa shape index (κ1) is 15.8. The second-order valence-corrected chi connectivity index (χ2v) is 4.21. The van der Waals surface area contributed by atoms with E-state index in [0.717, 1.165) is 26.1 Å². The number of likely N-dealkylation sites (N-methyl/N-ethyl adjacent to an activating group) is 1. The summed E-state index contributed by atoms with van der Waals surface area (Å²) in [7, 11) is 1.71. The van der Waals surface area contributed by atoms with E-state index in [0.29, 0.717) is 19.1 Å². The van der Waals surface area contributed by atoms with Crippen LogP contribution in [-0.4, -0.2) is 62.0 Å². The Kier molecular flexibility index (Phi) is 9.92. The van der Waals surface area contributed by atoms with Crippen molar-refractivity contribution >= 4 is 0 Å². The predicted molar refractivity (Wildman–Crippen MR) is 67.8 cm³/mol. The first-order valence-electron chi connectivity index (χ1n) is 6.27. The molecule has 0 heterocycles. The fourth-order valence-corrected chi connectivity index (χ4v) is 1.60. The molecule has 0 saturated carbocycles. The number of hydrogen-bond donors (Lipinski definition) is 2. The van der Waals surface area contributed by atoms with Crippen molar-refractivity contribution in [1.82, 2.24) is 10.2 Å². The molecular formula is C12H28N2O2. The van der Waals surface area contributed by atoms with Gasteiger partial charge in [-0.3, -0.25) is 4.90 Å². The van der Waals surface area contributed by atoms with Crippen LogP contribution in [0.15, 0.2) is 0 Å². The lowest BCUT2D eigenvalue weighted by molar-refractivity contribution is 0.0671. The Hall–Kier alpha value is -0.160. The predicted octanol–water partition coefficient (Wildman–Crippen LogP) is 0.704. The van der Waals surface area contributed by atoms with Crippen LogP contribution in [0.25, 0.3) is 0 Å². The van der Waals surface area contributed by atoms with Gasteiger partial charge in [0.25, 0.3) is 0 Å². The quantitative estimate of drug-likeness (QED) is 0.582. The van der Waals surface area contributed by atoms with Crippen molar-refractivity contribution < 1.29 is 9.84 Å².